The Morgan fingerprint density at radius 1 is 1.19 bits per heavy atom. The third-order valence-electron chi connectivity index (χ3n) is 2.01. The first-order valence-electron chi connectivity index (χ1n) is 4.28. The molecule has 0 fully saturated rings. The monoisotopic (exact) mass is 290 g/mol. The molecular formula is C10H11BrO5. The molecule has 1 aromatic carbocycles. The van der Waals surface area contributed by atoms with E-state index < -0.39 is 5.97 Å². The zero-order valence-electron chi connectivity index (χ0n) is 9.04. The van der Waals surface area contributed by atoms with Gasteiger partial charge in [0.1, 0.15) is 11.3 Å². The smallest absolute Gasteiger partial charge is 0.340 e. The molecule has 0 aliphatic rings. The predicted molar refractivity (Wildman–Crippen MR) is 60.8 cm³/mol. The molecule has 0 bridgehead atoms. The summed E-state index contributed by atoms with van der Waals surface area (Å²) in [5.74, 6) is -0.182. The van der Waals surface area contributed by atoms with E-state index >= 15 is 0 Å². The van der Waals surface area contributed by atoms with Gasteiger partial charge in [0.15, 0.2) is 11.5 Å². The summed E-state index contributed by atoms with van der Waals surface area (Å²) in [6.45, 7) is 0. The molecule has 0 spiro atoms. The van der Waals surface area contributed by atoms with Crippen LogP contribution in [0, 0.1) is 0 Å². The minimum Gasteiger partial charge on any atom is -0.496 e. The van der Waals surface area contributed by atoms with Crippen molar-refractivity contribution in [3.8, 4) is 17.2 Å². The van der Waals surface area contributed by atoms with Crippen LogP contribution in [0.5, 0.6) is 17.2 Å². The standard InChI is InChI=1S/C10H11BrO5/c1-14-5-4-6(15-2)9(16-3)8(11)7(5)10(12)13/h4H,1-3H3,(H,12,13). The molecule has 0 heterocycles. The van der Waals surface area contributed by atoms with E-state index in [9.17, 15) is 4.79 Å². The predicted octanol–water partition coefficient (Wildman–Crippen LogP) is 2.17. The topological polar surface area (TPSA) is 65.0 Å². The molecule has 0 atom stereocenters. The second-order valence-corrected chi connectivity index (χ2v) is 3.60. The maximum Gasteiger partial charge on any atom is 0.340 e. The molecule has 0 saturated carbocycles. The molecule has 0 aliphatic carbocycles. The van der Waals surface area contributed by atoms with Crippen LogP contribution in [0.4, 0.5) is 0 Å². The Labute approximate surface area is 101 Å². The van der Waals surface area contributed by atoms with E-state index in [2.05, 4.69) is 15.9 Å². The highest BCUT2D eigenvalue weighted by Gasteiger charge is 2.23. The lowest BCUT2D eigenvalue weighted by Crippen LogP contribution is -2.04. The molecule has 0 radical (unpaired) electrons. The zero-order chi connectivity index (χ0) is 12.3. The lowest BCUT2D eigenvalue weighted by atomic mass is 10.1. The first-order valence-corrected chi connectivity index (χ1v) is 5.07. The van der Waals surface area contributed by atoms with E-state index in [1.54, 1.807) is 0 Å². The Kier molecular flexibility index (Phi) is 4.00. The summed E-state index contributed by atoms with van der Waals surface area (Å²) in [7, 11) is 4.28. The molecule has 16 heavy (non-hydrogen) atoms. The largest absolute Gasteiger partial charge is 0.496 e. The van der Waals surface area contributed by atoms with Gasteiger partial charge in [-0.2, -0.15) is 0 Å². The van der Waals surface area contributed by atoms with Gasteiger partial charge in [-0.15, -0.1) is 0 Å². The Morgan fingerprint density at radius 2 is 1.75 bits per heavy atom. The van der Waals surface area contributed by atoms with Gasteiger partial charge in [0.2, 0.25) is 0 Å². The van der Waals surface area contributed by atoms with E-state index in [0.29, 0.717) is 16.0 Å². The molecule has 0 saturated heterocycles. The first-order chi connectivity index (χ1) is 7.56. The summed E-state index contributed by atoms with van der Waals surface area (Å²) in [4.78, 5) is 11.1. The van der Waals surface area contributed by atoms with Crippen LogP contribution in [0.3, 0.4) is 0 Å². The van der Waals surface area contributed by atoms with Gasteiger partial charge in [-0.05, 0) is 15.9 Å². The van der Waals surface area contributed by atoms with Crippen molar-refractivity contribution in [1.29, 1.82) is 0 Å². The van der Waals surface area contributed by atoms with Gasteiger partial charge >= 0.3 is 5.97 Å². The van der Waals surface area contributed by atoms with E-state index in [4.69, 9.17) is 19.3 Å². The molecule has 0 unspecified atom stereocenters. The van der Waals surface area contributed by atoms with Crippen LogP contribution in [0.1, 0.15) is 10.4 Å². The number of aromatic carboxylic acids is 1. The third kappa shape index (κ3) is 2.06. The van der Waals surface area contributed by atoms with Gasteiger partial charge in [-0.3, -0.25) is 0 Å². The second kappa shape index (κ2) is 5.07. The molecular weight excluding hydrogens is 280 g/mol. The quantitative estimate of drug-likeness (QED) is 0.921. The van der Waals surface area contributed by atoms with Crippen molar-refractivity contribution < 1.29 is 24.1 Å². The summed E-state index contributed by atoms with van der Waals surface area (Å²) >= 11 is 3.16. The fourth-order valence-electron chi connectivity index (χ4n) is 1.29. The fourth-order valence-corrected chi connectivity index (χ4v) is 2.01. The lowest BCUT2D eigenvalue weighted by Gasteiger charge is -2.14. The van der Waals surface area contributed by atoms with Crippen molar-refractivity contribution in [3.05, 3.63) is 16.1 Å². The van der Waals surface area contributed by atoms with Crippen molar-refractivity contribution in [2.45, 2.75) is 0 Å². The molecule has 0 aliphatic heterocycles. The van der Waals surface area contributed by atoms with Gasteiger partial charge in [0.05, 0.1) is 25.8 Å². The number of benzene rings is 1. The molecule has 88 valence electrons. The summed E-state index contributed by atoms with van der Waals surface area (Å²) < 4.78 is 15.4. The minimum atomic E-state index is -1.11. The van der Waals surface area contributed by atoms with Crippen molar-refractivity contribution >= 4 is 21.9 Å². The Morgan fingerprint density at radius 3 is 2.12 bits per heavy atom. The van der Waals surface area contributed by atoms with E-state index in [0.717, 1.165) is 0 Å². The Hall–Kier alpha value is -1.43. The highest BCUT2D eigenvalue weighted by molar-refractivity contribution is 9.10. The van der Waals surface area contributed by atoms with Crippen LogP contribution < -0.4 is 14.2 Å². The van der Waals surface area contributed by atoms with Gasteiger partial charge in [0.25, 0.3) is 0 Å². The fraction of sp³-hybridized carbons (Fsp3) is 0.300. The van der Waals surface area contributed by atoms with Crippen molar-refractivity contribution in [2.24, 2.45) is 0 Å². The summed E-state index contributed by atoms with van der Waals surface area (Å²) in [6, 6.07) is 1.47. The lowest BCUT2D eigenvalue weighted by molar-refractivity contribution is 0.0691. The van der Waals surface area contributed by atoms with E-state index in [1.165, 1.54) is 27.4 Å². The molecule has 1 N–H and O–H groups in total. The van der Waals surface area contributed by atoms with Gasteiger partial charge in [-0.1, -0.05) is 0 Å². The summed E-state index contributed by atoms with van der Waals surface area (Å²) in [6.07, 6.45) is 0. The first kappa shape index (κ1) is 12.6. The third-order valence-corrected chi connectivity index (χ3v) is 2.77. The Balaban J connectivity index is 3.55. The number of methoxy groups -OCH3 is 3. The number of carbonyl (C=O) groups is 1. The summed E-state index contributed by atoms with van der Waals surface area (Å²) in [5.41, 5.74) is 0.000139. The highest BCUT2D eigenvalue weighted by Crippen LogP contribution is 2.42. The molecule has 5 nitrogen and oxygen atoms in total. The van der Waals surface area contributed by atoms with E-state index in [-0.39, 0.29) is 11.3 Å². The molecule has 0 amide bonds. The van der Waals surface area contributed by atoms with Crippen LogP contribution in [0.15, 0.2) is 10.5 Å². The van der Waals surface area contributed by atoms with E-state index in [1.807, 2.05) is 0 Å². The van der Waals surface area contributed by atoms with Gasteiger partial charge < -0.3 is 19.3 Å². The normalized spacial score (nSPS) is 9.75. The number of carboxylic acid groups (broad SMARTS) is 1. The van der Waals surface area contributed by atoms with Crippen LogP contribution >= 0.6 is 15.9 Å². The number of hydrogen-bond donors (Lipinski definition) is 1. The van der Waals surface area contributed by atoms with Gasteiger partial charge in [-0.25, -0.2) is 4.79 Å². The average molecular weight is 291 g/mol. The van der Waals surface area contributed by atoms with Crippen LogP contribution in [0.2, 0.25) is 0 Å². The number of halogens is 1. The number of carboxylic acids is 1. The number of hydrogen-bond acceptors (Lipinski definition) is 4. The van der Waals surface area contributed by atoms with Crippen molar-refractivity contribution in [2.75, 3.05) is 21.3 Å². The molecule has 1 rings (SSSR count). The van der Waals surface area contributed by atoms with Crippen LogP contribution in [-0.2, 0) is 0 Å². The maximum atomic E-state index is 11.1. The number of ether oxygens (including phenoxy) is 3. The Bertz CT molecular complexity index is 416. The SMILES string of the molecule is COc1cc(OC)c(C(=O)O)c(Br)c1OC. The van der Waals surface area contributed by atoms with Crippen LogP contribution in [-0.4, -0.2) is 32.4 Å². The highest BCUT2D eigenvalue weighted by atomic mass is 79.9. The zero-order valence-corrected chi connectivity index (χ0v) is 10.6. The number of rotatable bonds is 4. The second-order valence-electron chi connectivity index (χ2n) is 2.81. The minimum absolute atomic E-state index is 0.000139. The average Bonchev–Trinajstić information content (AvgIpc) is 2.26. The molecule has 1 aromatic rings. The maximum absolute atomic E-state index is 11.1. The molecule has 0 aromatic heterocycles. The van der Waals surface area contributed by atoms with Crippen LogP contribution in [0.25, 0.3) is 0 Å². The summed E-state index contributed by atoms with van der Waals surface area (Å²) in [5, 5.41) is 9.05. The van der Waals surface area contributed by atoms with Crippen molar-refractivity contribution in [1.82, 2.24) is 0 Å². The van der Waals surface area contributed by atoms with Gasteiger partial charge in [0, 0.05) is 6.07 Å². The molecule has 6 heteroatoms. The van der Waals surface area contributed by atoms with Crippen molar-refractivity contribution in [3.63, 3.8) is 0 Å².